The standard InChI is InChI=1S/C31H48N4O6/c1-8-10-16-21(25(36)27(38)32-17-9-2)33-26(37)24-22-20(31(22,6)7)18-35(24)28(39)23(19-14-12-11-13-15-19)34-29(40)41-30(3,4)5/h8-9,19-24H,1-2,10-18H2,3-7H3,(H,32,38)(H,33,37)(H,34,40)/t20?,21?,22?,23?,24-/m0/s1. The third kappa shape index (κ3) is 7.77. The molecule has 0 spiro atoms. The van der Waals surface area contributed by atoms with Crippen molar-refractivity contribution in [1.82, 2.24) is 20.9 Å². The van der Waals surface area contributed by atoms with Crippen LogP contribution in [0.2, 0.25) is 0 Å². The molecule has 5 atom stereocenters. The number of amides is 4. The Labute approximate surface area is 244 Å². The summed E-state index contributed by atoms with van der Waals surface area (Å²) in [5, 5.41) is 8.11. The van der Waals surface area contributed by atoms with Crippen LogP contribution < -0.4 is 16.0 Å². The van der Waals surface area contributed by atoms with Gasteiger partial charge < -0.3 is 25.6 Å². The molecular weight excluding hydrogens is 524 g/mol. The molecule has 3 aliphatic rings. The van der Waals surface area contributed by atoms with E-state index >= 15 is 0 Å². The van der Waals surface area contributed by atoms with Gasteiger partial charge in [-0.3, -0.25) is 19.2 Å². The lowest BCUT2D eigenvalue weighted by atomic mass is 9.83. The number of ketones is 1. The van der Waals surface area contributed by atoms with E-state index in [2.05, 4.69) is 43.0 Å². The van der Waals surface area contributed by atoms with Gasteiger partial charge in [-0.05, 0) is 69.6 Å². The maximum absolute atomic E-state index is 14.2. The van der Waals surface area contributed by atoms with Crippen LogP contribution in [-0.2, 0) is 23.9 Å². The van der Waals surface area contributed by atoms with Crippen molar-refractivity contribution < 1.29 is 28.7 Å². The molecule has 2 aliphatic carbocycles. The molecular formula is C31H48N4O6. The summed E-state index contributed by atoms with van der Waals surface area (Å²) in [6, 6.07) is -2.69. The van der Waals surface area contributed by atoms with Crippen LogP contribution >= 0.6 is 0 Å². The van der Waals surface area contributed by atoms with Gasteiger partial charge in [0, 0.05) is 13.1 Å². The monoisotopic (exact) mass is 572 g/mol. The summed E-state index contributed by atoms with van der Waals surface area (Å²) >= 11 is 0. The molecule has 4 unspecified atom stereocenters. The van der Waals surface area contributed by atoms with Gasteiger partial charge in [0.2, 0.25) is 17.6 Å². The number of carbonyl (C=O) groups is 5. The number of alkyl carbamates (subject to hydrolysis) is 1. The highest BCUT2D eigenvalue weighted by Crippen LogP contribution is 2.65. The van der Waals surface area contributed by atoms with Gasteiger partial charge in [0.05, 0.1) is 6.04 Å². The second-order valence-corrected chi connectivity index (χ2v) is 13.2. The van der Waals surface area contributed by atoms with Crippen molar-refractivity contribution in [2.45, 2.75) is 103 Å². The average molecular weight is 573 g/mol. The minimum Gasteiger partial charge on any atom is -0.444 e. The summed E-state index contributed by atoms with van der Waals surface area (Å²) in [6.07, 6.45) is 7.66. The van der Waals surface area contributed by atoms with E-state index in [1.54, 1.807) is 31.7 Å². The number of rotatable bonds is 12. The minimum atomic E-state index is -1.06. The zero-order valence-corrected chi connectivity index (χ0v) is 25.3. The Balaban J connectivity index is 1.85. The number of ether oxygens (including phenoxy) is 1. The molecule has 0 aromatic carbocycles. The first-order chi connectivity index (χ1) is 19.2. The van der Waals surface area contributed by atoms with Crippen LogP contribution in [0.1, 0.15) is 79.6 Å². The molecule has 228 valence electrons. The molecule has 41 heavy (non-hydrogen) atoms. The second kappa shape index (κ2) is 13.2. The number of nitrogens with one attached hydrogen (secondary N) is 3. The van der Waals surface area contributed by atoms with E-state index in [-0.39, 0.29) is 42.0 Å². The number of nitrogens with zero attached hydrogens (tertiary/aromatic N) is 1. The Morgan fingerprint density at radius 2 is 1.68 bits per heavy atom. The van der Waals surface area contributed by atoms with Gasteiger partial charge in [-0.2, -0.15) is 0 Å². The number of hydrogen-bond acceptors (Lipinski definition) is 6. The molecule has 10 heteroatoms. The van der Waals surface area contributed by atoms with Crippen LogP contribution in [0.3, 0.4) is 0 Å². The largest absolute Gasteiger partial charge is 0.444 e. The van der Waals surface area contributed by atoms with Gasteiger partial charge in [0.15, 0.2) is 0 Å². The van der Waals surface area contributed by atoms with E-state index in [0.717, 1.165) is 32.1 Å². The molecule has 4 amide bonds. The van der Waals surface area contributed by atoms with Crippen molar-refractivity contribution in [2.24, 2.45) is 23.2 Å². The lowest BCUT2D eigenvalue weighted by Gasteiger charge is -2.37. The predicted octanol–water partition coefficient (Wildman–Crippen LogP) is 3.27. The quantitative estimate of drug-likeness (QED) is 0.243. The Kier molecular flexibility index (Phi) is 10.4. The van der Waals surface area contributed by atoms with E-state index in [1.165, 1.54) is 6.08 Å². The molecule has 0 aromatic heterocycles. The van der Waals surface area contributed by atoms with E-state index in [1.807, 2.05) is 0 Å². The number of likely N-dealkylation sites (tertiary alicyclic amines) is 1. The van der Waals surface area contributed by atoms with Gasteiger partial charge in [0.1, 0.15) is 17.7 Å². The Morgan fingerprint density at radius 3 is 2.27 bits per heavy atom. The second-order valence-electron chi connectivity index (χ2n) is 13.2. The van der Waals surface area contributed by atoms with Gasteiger partial charge in [-0.1, -0.05) is 45.3 Å². The fourth-order valence-electron chi connectivity index (χ4n) is 6.50. The van der Waals surface area contributed by atoms with Crippen molar-refractivity contribution in [3.05, 3.63) is 25.3 Å². The first kappa shape index (κ1) is 32.3. The molecule has 1 aliphatic heterocycles. The Hall–Kier alpha value is -3.17. The third-order valence-corrected chi connectivity index (χ3v) is 8.74. The lowest BCUT2D eigenvalue weighted by Crippen LogP contribution is -2.59. The maximum atomic E-state index is 14.2. The molecule has 10 nitrogen and oxygen atoms in total. The van der Waals surface area contributed by atoms with E-state index in [0.29, 0.717) is 13.0 Å². The number of Topliss-reactive ketones (excluding diaryl/α,β-unsaturated/α-hetero) is 1. The highest BCUT2D eigenvalue weighted by molar-refractivity contribution is 6.38. The van der Waals surface area contributed by atoms with Crippen molar-refractivity contribution in [3.63, 3.8) is 0 Å². The topological polar surface area (TPSA) is 134 Å². The summed E-state index contributed by atoms with van der Waals surface area (Å²) < 4.78 is 5.49. The normalized spacial score (nSPS) is 24.7. The van der Waals surface area contributed by atoms with E-state index in [4.69, 9.17) is 4.74 Å². The van der Waals surface area contributed by atoms with E-state index in [9.17, 15) is 24.0 Å². The van der Waals surface area contributed by atoms with Crippen LogP contribution in [0.15, 0.2) is 25.3 Å². The fourth-order valence-corrected chi connectivity index (χ4v) is 6.50. The Morgan fingerprint density at radius 1 is 1.02 bits per heavy atom. The zero-order valence-electron chi connectivity index (χ0n) is 25.3. The van der Waals surface area contributed by atoms with Crippen molar-refractivity contribution in [1.29, 1.82) is 0 Å². The number of allylic oxidation sites excluding steroid dienone is 1. The summed E-state index contributed by atoms with van der Waals surface area (Å²) in [5.41, 5.74) is -0.878. The molecule has 0 aromatic rings. The fraction of sp³-hybridized carbons (Fsp3) is 0.710. The summed E-state index contributed by atoms with van der Waals surface area (Å²) in [4.78, 5) is 67.8. The highest BCUT2D eigenvalue weighted by Gasteiger charge is 2.69. The third-order valence-electron chi connectivity index (χ3n) is 8.74. The van der Waals surface area contributed by atoms with Gasteiger partial charge in [-0.25, -0.2) is 4.79 Å². The summed E-state index contributed by atoms with van der Waals surface area (Å²) in [5.74, 6) is -2.36. The van der Waals surface area contributed by atoms with Gasteiger partial charge >= 0.3 is 6.09 Å². The predicted molar refractivity (Wildman–Crippen MR) is 156 cm³/mol. The summed E-state index contributed by atoms with van der Waals surface area (Å²) in [6.45, 7) is 17.2. The lowest BCUT2D eigenvalue weighted by molar-refractivity contribution is -0.145. The van der Waals surface area contributed by atoms with Crippen molar-refractivity contribution in [2.75, 3.05) is 13.1 Å². The van der Waals surface area contributed by atoms with Crippen LogP contribution in [0.4, 0.5) is 4.79 Å². The van der Waals surface area contributed by atoms with Crippen LogP contribution in [0.5, 0.6) is 0 Å². The van der Waals surface area contributed by atoms with Crippen LogP contribution in [0, 0.1) is 23.2 Å². The van der Waals surface area contributed by atoms with Crippen LogP contribution in [-0.4, -0.2) is 71.3 Å². The minimum absolute atomic E-state index is 0.0621. The molecule has 0 radical (unpaired) electrons. The molecule has 1 heterocycles. The molecule has 2 saturated carbocycles. The zero-order chi connectivity index (χ0) is 30.5. The number of fused-ring (bicyclic) bond motifs is 1. The molecule has 3 fully saturated rings. The Bertz CT molecular complexity index is 1040. The maximum Gasteiger partial charge on any atom is 0.408 e. The average Bonchev–Trinajstić information content (AvgIpc) is 3.23. The molecule has 1 saturated heterocycles. The van der Waals surface area contributed by atoms with E-state index < -0.39 is 47.4 Å². The SMILES string of the molecule is C=CCCC(NC(=O)[C@@H]1C2C(CN1C(=O)C(NC(=O)OC(C)(C)C)C1CCCCC1)C2(C)C)C(=O)C(=O)NCC=C. The molecule has 3 rings (SSSR count). The smallest absolute Gasteiger partial charge is 0.408 e. The van der Waals surface area contributed by atoms with Gasteiger partial charge in [0.25, 0.3) is 5.91 Å². The number of piperidine rings is 1. The summed E-state index contributed by atoms with van der Waals surface area (Å²) in [7, 11) is 0. The first-order valence-corrected chi connectivity index (χ1v) is 14.9. The van der Waals surface area contributed by atoms with Gasteiger partial charge in [-0.15, -0.1) is 13.2 Å². The first-order valence-electron chi connectivity index (χ1n) is 14.9. The molecule has 3 N–H and O–H groups in total. The number of carbonyl (C=O) groups excluding carboxylic acids is 5. The number of hydrogen-bond donors (Lipinski definition) is 3. The molecule has 0 bridgehead atoms. The highest BCUT2D eigenvalue weighted by atomic mass is 16.6. The van der Waals surface area contributed by atoms with Crippen molar-refractivity contribution in [3.8, 4) is 0 Å². The van der Waals surface area contributed by atoms with Crippen LogP contribution in [0.25, 0.3) is 0 Å². The van der Waals surface area contributed by atoms with Crippen molar-refractivity contribution >= 4 is 29.6 Å².